The Morgan fingerprint density at radius 2 is 2.00 bits per heavy atom. The van der Waals surface area contributed by atoms with E-state index in [1.807, 2.05) is 0 Å². The quantitative estimate of drug-likeness (QED) is 0.0692. The van der Waals surface area contributed by atoms with Crippen LogP contribution in [0.5, 0.6) is 0 Å². The van der Waals surface area contributed by atoms with Gasteiger partial charge >= 0.3 is 11.7 Å². The second kappa shape index (κ2) is 9.13. The molecule has 0 radical (unpaired) electrons. The molecule has 8 nitrogen and oxygen atoms in total. The summed E-state index contributed by atoms with van der Waals surface area (Å²) in [6.07, 6.45) is 0.827. The van der Waals surface area contributed by atoms with Gasteiger partial charge in [-0.2, -0.15) is 4.79 Å². The van der Waals surface area contributed by atoms with Crippen LogP contribution in [0.15, 0.2) is 12.7 Å². The van der Waals surface area contributed by atoms with Crippen LogP contribution in [0.1, 0.15) is 27.7 Å². The third kappa shape index (κ3) is 5.17. The number of rotatable bonds is 9. The fourth-order valence-corrected chi connectivity index (χ4v) is 4.33. The molecule has 1 rings (SSSR count). The van der Waals surface area contributed by atoms with Crippen LogP contribution in [-0.4, -0.2) is 60.6 Å². The zero-order valence-electron chi connectivity index (χ0n) is 17.1. The number of ketones is 1. The second-order valence-electron chi connectivity index (χ2n) is 8.25. The highest BCUT2D eigenvalue weighted by Gasteiger charge is 2.53. The van der Waals surface area contributed by atoms with Gasteiger partial charge < -0.3 is 20.0 Å². The Labute approximate surface area is 171 Å². The zero-order chi connectivity index (χ0) is 21.9. The van der Waals surface area contributed by atoms with E-state index in [1.54, 1.807) is 6.92 Å². The molecule has 1 heterocycles. The summed E-state index contributed by atoms with van der Waals surface area (Å²) < 4.78 is 11.0. The first-order valence-corrected chi connectivity index (χ1v) is 12.3. The van der Waals surface area contributed by atoms with Crippen molar-refractivity contribution in [2.75, 3.05) is 6.61 Å². The Bertz CT molecular complexity index is 712. The molecule has 4 atom stereocenters. The number of Topliss-reactive ketones (excluding diaryl/α,β-unsaturated/α-hetero) is 1. The van der Waals surface area contributed by atoms with Crippen LogP contribution in [0.3, 0.4) is 0 Å². The van der Waals surface area contributed by atoms with E-state index in [2.05, 4.69) is 50.6 Å². The van der Waals surface area contributed by atoms with Gasteiger partial charge in [-0.15, -0.1) is 11.6 Å². The van der Waals surface area contributed by atoms with Crippen molar-refractivity contribution in [2.45, 2.75) is 63.4 Å². The summed E-state index contributed by atoms with van der Waals surface area (Å²) in [6, 6.07) is -0.759. The molecule has 0 saturated carbocycles. The van der Waals surface area contributed by atoms with Crippen molar-refractivity contribution in [2.24, 2.45) is 5.92 Å². The summed E-state index contributed by atoms with van der Waals surface area (Å²) >= 11 is 6.22. The summed E-state index contributed by atoms with van der Waals surface area (Å²) in [7, 11) is -2.15. The summed E-state index contributed by atoms with van der Waals surface area (Å²) in [4.78, 5) is 39.2. The van der Waals surface area contributed by atoms with Gasteiger partial charge in [0.2, 0.25) is 5.91 Å². The Balaban J connectivity index is 2.93. The maximum absolute atomic E-state index is 12.5. The van der Waals surface area contributed by atoms with Crippen LogP contribution in [0.25, 0.3) is 5.53 Å². The van der Waals surface area contributed by atoms with Crippen LogP contribution in [0, 0.1) is 5.92 Å². The minimum atomic E-state index is -2.15. The minimum absolute atomic E-state index is 0.0568. The summed E-state index contributed by atoms with van der Waals surface area (Å²) in [5, 5.41) is 1.21. The molecule has 0 aromatic heterocycles. The minimum Gasteiger partial charge on any atom is -0.453 e. The van der Waals surface area contributed by atoms with Crippen LogP contribution < -0.4 is 5.32 Å². The molecule has 1 fully saturated rings. The highest BCUT2D eigenvalue weighted by atomic mass is 35.5. The van der Waals surface area contributed by atoms with Gasteiger partial charge in [0.1, 0.15) is 12.0 Å². The third-order valence-corrected chi connectivity index (χ3v) is 10.3. The number of hydrogen-bond donors (Lipinski definition) is 1. The van der Waals surface area contributed by atoms with Crippen molar-refractivity contribution in [1.82, 2.24) is 5.32 Å². The molecule has 0 aliphatic carbocycles. The number of carbonyl (C=O) groups is 3. The number of nitrogens with zero attached hydrogens (tertiary/aromatic N) is 2. The number of ether oxygens (including phenoxy) is 1. The van der Waals surface area contributed by atoms with Gasteiger partial charge in [-0.05, 0) is 25.1 Å². The molecule has 0 bridgehead atoms. The van der Waals surface area contributed by atoms with E-state index in [4.69, 9.17) is 26.3 Å². The third-order valence-electron chi connectivity index (χ3n) is 5.22. The van der Waals surface area contributed by atoms with Crippen LogP contribution >= 0.6 is 11.6 Å². The predicted octanol–water partition coefficient (Wildman–Crippen LogP) is 2.09. The number of esters is 1. The number of amides is 1. The molecule has 1 saturated heterocycles. The molecule has 1 amide bonds. The molecule has 1 aliphatic heterocycles. The first kappa shape index (κ1) is 24.2. The monoisotopic (exact) mass is 429 g/mol. The topological polar surface area (TPSA) is 118 Å². The number of carbonyl (C=O) groups excluding carboxylic acids is 3. The molecule has 0 aromatic rings. The average molecular weight is 430 g/mol. The van der Waals surface area contributed by atoms with Gasteiger partial charge in [-0.3, -0.25) is 9.59 Å². The Hall–Kier alpha value is -1.80. The molecule has 0 aromatic carbocycles. The van der Waals surface area contributed by atoms with Crippen molar-refractivity contribution in [3.05, 3.63) is 18.2 Å². The van der Waals surface area contributed by atoms with Crippen LogP contribution in [-0.2, 0) is 23.5 Å². The van der Waals surface area contributed by atoms with E-state index < -0.39 is 49.2 Å². The van der Waals surface area contributed by atoms with Crippen molar-refractivity contribution < 1.29 is 28.3 Å². The summed E-state index contributed by atoms with van der Waals surface area (Å²) in [5.41, 5.74) is 8.20. The van der Waals surface area contributed by atoms with Gasteiger partial charge in [0, 0.05) is 0 Å². The molecule has 0 unspecified atom stereocenters. The lowest BCUT2D eigenvalue weighted by molar-refractivity contribution is -0.142. The first-order chi connectivity index (χ1) is 12.8. The summed E-state index contributed by atoms with van der Waals surface area (Å²) in [6.45, 7) is 15.4. The second-order valence-corrected chi connectivity index (χ2v) is 13.5. The van der Waals surface area contributed by atoms with E-state index in [-0.39, 0.29) is 17.6 Å². The molecular formula is C18H28ClN3O5Si. The van der Waals surface area contributed by atoms with E-state index in [1.165, 1.54) is 6.08 Å². The van der Waals surface area contributed by atoms with Crippen molar-refractivity contribution >= 4 is 43.3 Å². The molecule has 28 heavy (non-hydrogen) atoms. The van der Waals surface area contributed by atoms with Crippen LogP contribution in [0.2, 0.25) is 18.1 Å². The number of β-lactam (4-membered cyclic amide) rings is 1. The van der Waals surface area contributed by atoms with Crippen molar-refractivity contribution in [3.8, 4) is 0 Å². The number of nitrogens with one attached hydrogen (secondary N) is 1. The van der Waals surface area contributed by atoms with Gasteiger partial charge in [-0.25, -0.2) is 4.79 Å². The fraction of sp³-hybridized carbons (Fsp3) is 0.667. The maximum Gasteiger partial charge on any atom is 0.443 e. The molecular weight excluding hydrogens is 402 g/mol. The maximum atomic E-state index is 12.5. The average Bonchev–Trinajstić information content (AvgIpc) is 2.55. The number of halogens is 1. The fourth-order valence-electron chi connectivity index (χ4n) is 2.58. The molecule has 1 N–H and O–H groups in total. The van der Waals surface area contributed by atoms with Gasteiger partial charge in [-0.1, -0.05) is 33.4 Å². The van der Waals surface area contributed by atoms with E-state index in [9.17, 15) is 14.4 Å². The standard InChI is InChI=1S/C18H28ClN3O5Si/c1-8-9-26-17(25)14(22-20)15(23)12(19)13-11(16(24)21-13)10(2)27-28(6,7)18(3,4)5/h8,10-13H,1,9H2,2-7H3,(H,21,24)/t10-,11-,12+,13+/m1/s1. The molecule has 10 heteroatoms. The lowest BCUT2D eigenvalue weighted by Gasteiger charge is -2.46. The highest BCUT2D eigenvalue weighted by Crippen LogP contribution is 2.39. The molecule has 0 spiro atoms. The van der Waals surface area contributed by atoms with Gasteiger partial charge in [0.25, 0.3) is 5.78 Å². The number of hydrogen-bond acceptors (Lipinski definition) is 5. The molecule has 156 valence electrons. The van der Waals surface area contributed by atoms with E-state index >= 15 is 0 Å². The van der Waals surface area contributed by atoms with Crippen LogP contribution in [0.4, 0.5) is 0 Å². The smallest absolute Gasteiger partial charge is 0.443 e. The van der Waals surface area contributed by atoms with E-state index in [0.717, 1.165) is 0 Å². The summed E-state index contributed by atoms with van der Waals surface area (Å²) in [5.74, 6) is -3.00. The first-order valence-electron chi connectivity index (χ1n) is 8.95. The Morgan fingerprint density at radius 3 is 2.43 bits per heavy atom. The van der Waals surface area contributed by atoms with Crippen molar-refractivity contribution in [1.29, 1.82) is 0 Å². The highest BCUT2D eigenvalue weighted by molar-refractivity contribution is 6.74. The van der Waals surface area contributed by atoms with E-state index in [0.29, 0.717) is 0 Å². The molecule has 1 aliphatic rings. The Morgan fingerprint density at radius 1 is 1.43 bits per heavy atom. The number of alkyl halides is 1. The normalized spacial score (nSPS) is 21.5. The zero-order valence-corrected chi connectivity index (χ0v) is 18.9. The predicted molar refractivity (Wildman–Crippen MR) is 108 cm³/mol. The van der Waals surface area contributed by atoms with Gasteiger partial charge in [0.15, 0.2) is 8.32 Å². The lowest BCUT2D eigenvalue weighted by Crippen LogP contribution is -2.68. The van der Waals surface area contributed by atoms with Crippen molar-refractivity contribution in [3.63, 3.8) is 0 Å². The SMILES string of the molecule is C=CCOC(=O)C(=[N+]=[N-])C(=O)[C@@H](Cl)[C@H]1NC(=O)[C@@H]1[C@@H](C)O[Si](C)(C)C(C)(C)C. The van der Waals surface area contributed by atoms with Gasteiger partial charge in [0.05, 0.1) is 18.1 Å². The largest absolute Gasteiger partial charge is 0.453 e. The lowest BCUT2D eigenvalue weighted by atomic mass is 9.82. The Kier molecular flexibility index (Phi) is 7.90.